The number of rotatable bonds is 5. The molecule has 7 nitrogen and oxygen atoms in total. The molecule has 28 heavy (non-hydrogen) atoms. The van der Waals surface area contributed by atoms with Gasteiger partial charge in [0.25, 0.3) is 11.5 Å². The van der Waals surface area contributed by atoms with Crippen molar-refractivity contribution in [3.05, 3.63) is 57.0 Å². The van der Waals surface area contributed by atoms with Gasteiger partial charge in [0.05, 0.1) is 11.7 Å². The third kappa shape index (κ3) is 3.43. The highest BCUT2D eigenvalue weighted by Gasteiger charge is 2.21. The van der Waals surface area contributed by atoms with E-state index in [1.54, 1.807) is 35.6 Å². The number of anilines is 1. The van der Waals surface area contributed by atoms with E-state index in [0.29, 0.717) is 23.2 Å². The van der Waals surface area contributed by atoms with Gasteiger partial charge >= 0.3 is 0 Å². The van der Waals surface area contributed by atoms with Gasteiger partial charge in [0, 0.05) is 22.7 Å². The normalized spacial score (nSPS) is 12.8. The molecular weight excluding hydrogens is 376 g/mol. The van der Waals surface area contributed by atoms with E-state index in [1.165, 1.54) is 15.8 Å². The summed E-state index contributed by atoms with van der Waals surface area (Å²) in [6.07, 6.45) is 4.39. The molecule has 0 saturated carbocycles. The minimum absolute atomic E-state index is 0.127. The van der Waals surface area contributed by atoms with Crippen LogP contribution in [0.5, 0.6) is 0 Å². The van der Waals surface area contributed by atoms with Crippen LogP contribution in [-0.2, 0) is 24.2 Å². The van der Waals surface area contributed by atoms with E-state index in [2.05, 4.69) is 15.6 Å². The van der Waals surface area contributed by atoms with Crippen LogP contribution in [-0.4, -0.2) is 27.9 Å². The van der Waals surface area contributed by atoms with E-state index in [0.717, 1.165) is 29.7 Å². The lowest BCUT2D eigenvalue weighted by molar-refractivity contribution is -0.116. The molecule has 2 aromatic heterocycles. The number of fused-ring (bicyclic) bond motifs is 3. The van der Waals surface area contributed by atoms with Crippen molar-refractivity contribution in [2.24, 2.45) is 0 Å². The van der Waals surface area contributed by atoms with Crippen molar-refractivity contribution in [2.45, 2.75) is 32.7 Å². The Kier molecular flexibility index (Phi) is 4.95. The molecular formula is C20H20N4O3S. The molecule has 8 heteroatoms. The predicted octanol–water partition coefficient (Wildman–Crippen LogP) is 2.34. The van der Waals surface area contributed by atoms with Gasteiger partial charge in [-0.3, -0.25) is 19.0 Å². The van der Waals surface area contributed by atoms with E-state index < -0.39 is 0 Å². The first kappa shape index (κ1) is 18.4. The summed E-state index contributed by atoms with van der Waals surface area (Å²) in [7, 11) is 0. The maximum atomic E-state index is 12.8. The van der Waals surface area contributed by atoms with Crippen LogP contribution in [0.4, 0.5) is 5.69 Å². The highest BCUT2D eigenvalue weighted by Crippen LogP contribution is 2.34. The molecule has 144 valence electrons. The van der Waals surface area contributed by atoms with Gasteiger partial charge in [-0.25, -0.2) is 4.98 Å². The van der Waals surface area contributed by atoms with Crippen LogP contribution in [0.3, 0.4) is 0 Å². The number of thiophene rings is 1. The third-order valence-corrected chi connectivity index (χ3v) is 5.95. The van der Waals surface area contributed by atoms with E-state index >= 15 is 0 Å². The summed E-state index contributed by atoms with van der Waals surface area (Å²) >= 11 is 1.58. The second kappa shape index (κ2) is 7.55. The topological polar surface area (TPSA) is 93.1 Å². The molecule has 2 heterocycles. The second-order valence-electron chi connectivity index (χ2n) is 6.70. The Labute approximate surface area is 165 Å². The van der Waals surface area contributed by atoms with Gasteiger partial charge < -0.3 is 10.6 Å². The summed E-state index contributed by atoms with van der Waals surface area (Å²) in [4.78, 5) is 43.6. The smallest absolute Gasteiger partial charge is 0.262 e. The van der Waals surface area contributed by atoms with Crippen LogP contribution in [0, 0.1) is 0 Å². The summed E-state index contributed by atoms with van der Waals surface area (Å²) in [6, 6.07) is 6.70. The first-order chi connectivity index (χ1) is 13.6. The monoisotopic (exact) mass is 396 g/mol. The lowest BCUT2D eigenvalue weighted by Crippen LogP contribution is -2.28. The number of nitrogens with zero attached hydrogens (tertiary/aromatic N) is 2. The van der Waals surface area contributed by atoms with Crippen LogP contribution in [0.15, 0.2) is 35.4 Å². The van der Waals surface area contributed by atoms with Gasteiger partial charge in [0.15, 0.2) is 0 Å². The SMILES string of the molecule is CCNC(=O)c1cccc(NC(=O)Cn2cnc3sc4c(c3c2=O)CCC4)c1. The van der Waals surface area contributed by atoms with E-state index in [9.17, 15) is 14.4 Å². The number of amides is 2. The van der Waals surface area contributed by atoms with Crippen LogP contribution in [0.1, 0.15) is 34.1 Å². The number of aromatic nitrogens is 2. The fraction of sp³-hybridized carbons (Fsp3) is 0.300. The van der Waals surface area contributed by atoms with Crippen molar-refractivity contribution >= 4 is 39.1 Å². The number of benzene rings is 1. The summed E-state index contributed by atoms with van der Waals surface area (Å²) in [5.41, 5.74) is 1.90. The second-order valence-corrected chi connectivity index (χ2v) is 7.79. The van der Waals surface area contributed by atoms with E-state index in [-0.39, 0.29) is 23.9 Å². The predicted molar refractivity (Wildman–Crippen MR) is 109 cm³/mol. The molecule has 0 radical (unpaired) electrons. The van der Waals surface area contributed by atoms with Crippen molar-refractivity contribution in [1.29, 1.82) is 0 Å². The molecule has 1 aliphatic carbocycles. The molecule has 0 bridgehead atoms. The van der Waals surface area contributed by atoms with Gasteiger partial charge in [-0.15, -0.1) is 11.3 Å². The molecule has 4 rings (SSSR count). The quantitative estimate of drug-likeness (QED) is 0.692. The summed E-state index contributed by atoms with van der Waals surface area (Å²) in [5.74, 6) is -0.543. The lowest BCUT2D eigenvalue weighted by atomic mass is 10.2. The Morgan fingerprint density at radius 3 is 2.96 bits per heavy atom. The summed E-state index contributed by atoms with van der Waals surface area (Å²) < 4.78 is 1.34. The van der Waals surface area contributed by atoms with Gasteiger partial charge in [-0.2, -0.15) is 0 Å². The maximum Gasteiger partial charge on any atom is 0.262 e. The molecule has 0 atom stereocenters. The average molecular weight is 396 g/mol. The van der Waals surface area contributed by atoms with Crippen molar-refractivity contribution in [2.75, 3.05) is 11.9 Å². The van der Waals surface area contributed by atoms with Gasteiger partial charge in [0.2, 0.25) is 5.91 Å². The van der Waals surface area contributed by atoms with Crippen LogP contribution in [0.25, 0.3) is 10.2 Å². The average Bonchev–Trinajstić information content (AvgIpc) is 3.25. The van der Waals surface area contributed by atoms with Crippen molar-refractivity contribution in [3.63, 3.8) is 0 Å². The largest absolute Gasteiger partial charge is 0.352 e. The standard InChI is InChI=1S/C20H20N4O3S/c1-2-21-18(26)12-5-3-6-13(9-12)23-16(25)10-24-11-22-19-17(20(24)27)14-7-4-8-15(14)28-19/h3,5-6,9,11H,2,4,7-8,10H2,1H3,(H,21,26)(H,23,25). The first-order valence-corrected chi connectivity index (χ1v) is 10.1. The van der Waals surface area contributed by atoms with Crippen molar-refractivity contribution < 1.29 is 9.59 Å². The van der Waals surface area contributed by atoms with Crippen LogP contribution < -0.4 is 16.2 Å². The van der Waals surface area contributed by atoms with Crippen LogP contribution >= 0.6 is 11.3 Å². The molecule has 0 fully saturated rings. The van der Waals surface area contributed by atoms with Crippen LogP contribution in [0.2, 0.25) is 0 Å². The molecule has 1 aliphatic rings. The molecule has 3 aromatic rings. The minimum Gasteiger partial charge on any atom is -0.352 e. The highest BCUT2D eigenvalue weighted by molar-refractivity contribution is 7.18. The van der Waals surface area contributed by atoms with E-state index in [1.807, 2.05) is 6.92 Å². The highest BCUT2D eigenvalue weighted by atomic mass is 32.1. The fourth-order valence-electron chi connectivity index (χ4n) is 3.49. The summed E-state index contributed by atoms with van der Waals surface area (Å²) in [5, 5.41) is 6.12. The van der Waals surface area contributed by atoms with E-state index in [4.69, 9.17) is 0 Å². The first-order valence-electron chi connectivity index (χ1n) is 9.24. The molecule has 0 saturated heterocycles. The number of hydrogen-bond donors (Lipinski definition) is 2. The summed E-state index contributed by atoms with van der Waals surface area (Å²) in [6.45, 7) is 2.24. The Morgan fingerprint density at radius 2 is 2.14 bits per heavy atom. The Hall–Kier alpha value is -3.00. The number of hydrogen-bond acceptors (Lipinski definition) is 5. The molecule has 2 amide bonds. The zero-order valence-electron chi connectivity index (χ0n) is 15.4. The number of carbonyl (C=O) groups excluding carboxylic acids is 2. The molecule has 0 unspecified atom stereocenters. The maximum absolute atomic E-state index is 12.8. The molecule has 1 aromatic carbocycles. The third-order valence-electron chi connectivity index (χ3n) is 4.75. The zero-order chi connectivity index (χ0) is 19.7. The number of nitrogens with one attached hydrogen (secondary N) is 2. The number of aryl methyl sites for hydroxylation is 2. The molecule has 2 N–H and O–H groups in total. The molecule has 0 aliphatic heterocycles. The number of carbonyl (C=O) groups is 2. The fourth-order valence-corrected chi connectivity index (χ4v) is 4.71. The van der Waals surface area contributed by atoms with Crippen molar-refractivity contribution in [3.8, 4) is 0 Å². The lowest BCUT2D eigenvalue weighted by Gasteiger charge is -2.09. The van der Waals surface area contributed by atoms with Crippen molar-refractivity contribution in [1.82, 2.24) is 14.9 Å². The van der Waals surface area contributed by atoms with Gasteiger partial charge in [-0.05, 0) is 49.9 Å². The Balaban J connectivity index is 1.53. The minimum atomic E-state index is -0.344. The van der Waals surface area contributed by atoms with Gasteiger partial charge in [-0.1, -0.05) is 6.07 Å². The van der Waals surface area contributed by atoms with Gasteiger partial charge in [0.1, 0.15) is 11.4 Å². The molecule has 0 spiro atoms. The Morgan fingerprint density at radius 1 is 1.29 bits per heavy atom. The zero-order valence-corrected chi connectivity index (χ0v) is 16.3. The Bertz CT molecular complexity index is 1130.